The number of hydrogen-bond donors (Lipinski definition) is 1. The summed E-state index contributed by atoms with van der Waals surface area (Å²) in [6, 6.07) is 12.2. The minimum absolute atomic E-state index is 0.0627. The number of nitrogens with zero attached hydrogens (tertiary/aromatic N) is 1. The first-order chi connectivity index (χ1) is 9.97. The minimum atomic E-state index is -0.413. The summed E-state index contributed by atoms with van der Waals surface area (Å²) in [5.41, 5.74) is 8.74. The Kier molecular flexibility index (Phi) is 4.55. The molecule has 0 bridgehead atoms. The third-order valence-electron chi connectivity index (χ3n) is 3.18. The number of hydrogen-bond acceptors (Lipinski definition) is 4. The van der Waals surface area contributed by atoms with Gasteiger partial charge in [0, 0.05) is 23.7 Å². The van der Waals surface area contributed by atoms with Crippen molar-refractivity contribution in [2.75, 3.05) is 0 Å². The summed E-state index contributed by atoms with van der Waals surface area (Å²) in [4.78, 5) is 10.4. The molecule has 0 amide bonds. The SMILES string of the molecule is Cc1ccc(C(C)N)c(OCc2cccc([N+](=O)[O-])c2)c1. The maximum Gasteiger partial charge on any atom is 0.269 e. The van der Waals surface area contributed by atoms with Crippen LogP contribution in [0.2, 0.25) is 0 Å². The summed E-state index contributed by atoms with van der Waals surface area (Å²) in [5.74, 6) is 0.719. The Labute approximate surface area is 123 Å². The van der Waals surface area contributed by atoms with Crippen LogP contribution in [0.3, 0.4) is 0 Å². The molecule has 0 aliphatic carbocycles. The molecule has 5 nitrogen and oxygen atoms in total. The molecule has 2 rings (SSSR count). The van der Waals surface area contributed by atoms with Crippen molar-refractivity contribution in [1.29, 1.82) is 0 Å². The van der Waals surface area contributed by atoms with E-state index in [1.54, 1.807) is 12.1 Å². The van der Waals surface area contributed by atoms with Crippen LogP contribution in [0.25, 0.3) is 0 Å². The maximum absolute atomic E-state index is 10.8. The summed E-state index contributed by atoms with van der Waals surface area (Å²) < 4.78 is 5.80. The van der Waals surface area contributed by atoms with E-state index >= 15 is 0 Å². The fraction of sp³-hybridized carbons (Fsp3) is 0.250. The van der Waals surface area contributed by atoms with E-state index < -0.39 is 4.92 Å². The summed E-state index contributed by atoms with van der Waals surface area (Å²) in [5, 5.41) is 10.8. The zero-order valence-corrected chi connectivity index (χ0v) is 12.1. The Hall–Kier alpha value is -2.40. The van der Waals surface area contributed by atoms with Gasteiger partial charge in [0.25, 0.3) is 5.69 Å². The smallest absolute Gasteiger partial charge is 0.269 e. The summed E-state index contributed by atoms with van der Waals surface area (Å²) in [7, 11) is 0. The van der Waals surface area contributed by atoms with E-state index in [2.05, 4.69) is 0 Å². The number of non-ortho nitro benzene ring substituents is 1. The van der Waals surface area contributed by atoms with Gasteiger partial charge in [-0.3, -0.25) is 10.1 Å². The number of nitro groups is 1. The predicted molar refractivity (Wildman–Crippen MR) is 81.2 cm³/mol. The normalized spacial score (nSPS) is 12.0. The quantitative estimate of drug-likeness (QED) is 0.674. The number of nitrogens with two attached hydrogens (primary N) is 1. The highest BCUT2D eigenvalue weighted by Crippen LogP contribution is 2.26. The standard InChI is InChI=1S/C16H18N2O3/c1-11-6-7-15(12(2)17)16(8-11)21-10-13-4-3-5-14(9-13)18(19)20/h3-9,12H,10,17H2,1-2H3. The molecule has 5 heteroatoms. The molecule has 0 saturated carbocycles. The Morgan fingerprint density at radius 2 is 2.05 bits per heavy atom. The second-order valence-corrected chi connectivity index (χ2v) is 5.05. The first-order valence-corrected chi connectivity index (χ1v) is 6.69. The lowest BCUT2D eigenvalue weighted by Crippen LogP contribution is -2.08. The molecule has 2 aromatic rings. The molecule has 110 valence electrons. The molecule has 2 aromatic carbocycles. The van der Waals surface area contributed by atoms with Crippen molar-refractivity contribution in [2.45, 2.75) is 26.5 Å². The van der Waals surface area contributed by atoms with Gasteiger partial charge in [0.2, 0.25) is 0 Å². The van der Waals surface area contributed by atoms with Crippen LogP contribution in [-0.4, -0.2) is 4.92 Å². The summed E-state index contributed by atoms with van der Waals surface area (Å²) in [6.07, 6.45) is 0. The lowest BCUT2D eigenvalue weighted by molar-refractivity contribution is -0.384. The van der Waals surface area contributed by atoms with Crippen molar-refractivity contribution in [3.63, 3.8) is 0 Å². The number of nitro benzene ring substituents is 1. The van der Waals surface area contributed by atoms with Crippen molar-refractivity contribution < 1.29 is 9.66 Å². The highest BCUT2D eigenvalue weighted by molar-refractivity contribution is 5.39. The average molecular weight is 286 g/mol. The van der Waals surface area contributed by atoms with Crippen LogP contribution in [0.4, 0.5) is 5.69 Å². The molecule has 0 heterocycles. The molecule has 1 unspecified atom stereocenters. The van der Waals surface area contributed by atoms with Crippen molar-refractivity contribution in [2.24, 2.45) is 5.73 Å². The van der Waals surface area contributed by atoms with Gasteiger partial charge in [-0.1, -0.05) is 24.3 Å². The van der Waals surface area contributed by atoms with E-state index in [4.69, 9.17) is 10.5 Å². The van der Waals surface area contributed by atoms with E-state index in [9.17, 15) is 10.1 Å². The molecule has 0 aliphatic heterocycles. The van der Waals surface area contributed by atoms with Gasteiger partial charge in [0.15, 0.2) is 0 Å². The molecule has 2 N–H and O–H groups in total. The Morgan fingerprint density at radius 1 is 1.29 bits per heavy atom. The number of aryl methyl sites for hydroxylation is 1. The lowest BCUT2D eigenvalue weighted by atomic mass is 10.1. The lowest BCUT2D eigenvalue weighted by Gasteiger charge is -2.15. The maximum atomic E-state index is 10.8. The highest BCUT2D eigenvalue weighted by atomic mass is 16.6. The van der Waals surface area contributed by atoms with E-state index in [0.29, 0.717) is 0 Å². The zero-order valence-electron chi connectivity index (χ0n) is 12.1. The number of benzene rings is 2. The first-order valence-electron chi connectivity index (χ1n) is 6.69. The van der Waals surface area contributed by atoms with Crippen LogP contribution >= 0.6 is 0 Å². The molecule has 21 heavy (non-hydrogen) atoms. The highest BCUT2D eigenvalue weighted by Gasteiger charge is 2.10. The van der Waals surface area contributed by atoms with E-state index in [1.165, 1.54) is 12.1 Å². The topological polar surface area (TPSA) is 78.4 Å². The van der Waals surface area contributed by atoms with Gasteiger partial charge in [-0.2, -0.15) is 0 Å². The second-order valence-electron chi connectivity index (χ2n) is 5.05. The van der Waals surface area contributed by atoms with Gasteiger partial charge in [-0.05, 0) is 31.0 Å². The molecular formula is C16H18N2O3. The first kappa shape index (κ1) is 15.0. The van der Waals surface area contributed by atoms with E-state index in [-0.39, 0.29) is 18.3 Å². The van der Waals surface area contributed by atoms with Crippen LogP contribution in [0.5, 0.6) is 5.75 Å². The van der Waals surface area contributed by atoms with Crippen LogP contribution < -0.4 is 10.5 Å². The minimum Gasteiger partial charge on any atom is -0.489 e. The molecule has 0 radical (unpaired) electrons. The molecular weight excluding hydrogens is 268 g/mol. The van der Waals surface area contributed by atoms with Crippen molar-refractivity contribution in [1.82, 2.24) is 0 Å². The molecule has 0 spiro atoms. The van der Waals surface area contributed by atoms with Crippen LogP contribution in [-0.2, 0) is 6.61 Å². The number of rotatable bonds is 5. The van der Waals surface area contributed by atoms with Crippen molar-refractivity contribution in [3.8, 4) is 5.75 Å². The largest absolute Gasteiger partial charge is 0.489 e. The van der Waals surface area contributed by atoms with Gasteiger partial charge >= 0.3 is 0 Å². The van der Waals surface area contributed by atoms with Gasteiger partial charge in [-0.15, -0.1) is 0 Å². The molecule has 0 aliphatic rings. The van der Waals surface area contributed by atoms with Gasteiger partial charge in [0.1, 0.15) is 12.4 Å². The third kappa shape index (κ3) is 3.79. The summed E-state index contributed by atoms with van der Waals surface area (Å²) >= 11 is 0. The zero-order chi connectivity index (χ0) is 15.4. The molecule has 0 saturated heterocycles. The van der Waals surface area contributed by atoms with Gasteiger partial charge < -0.3 is 10.5 Å². The predicted octanol–water partition coefficient (Wildman–Crippen LogP) is 3.50. The van der Waals surface area contributed by atoms with Crippen LogP contribution in [0, 0.1) is 17.0 Å². The van der Waals surface area contributed by atoms with Crippen LogP contribution in [0.15, 0.2) is 42.5 Å². The molecule has 0 aromatic heterocycles. The Balaban J connectivity index is 2.18. The van der Waals surface area contributed by atoms with E-state index in [0.717, 1.165) is 22.4 Å². The molecule has 0 fully saturated rings. The Morgan fingerprint density at radius 3 is 2.71 bits per heavy atom. The van der Waals surface area contributed by atoms with Crippen LogP contribution in [0.1, 0.15) is 29.7 Å². The average Bonchev–Trinajstić information content (AvgIpc) is 2.45. The Bertz CT molecular complexity index is 654. The molecule has 1 atom stereocenters. The third-order valence-corrected chi connectivity index (χ3v) is 3.18. The van der Waals surface area contributed by atoms with E-state index in [1.807, 2.05) is 32.0 Å². The van der Waals surface area contributed by atoms with Gasteiger partial charge in [-0.25, -0.2) is 0 Å². The fourth-order valence-electron chi connectivity index (χ4n) is 2.06. The van der Waals surface area contributed by atoms with Crippen molar-refractivity contribution in [3.05, 3.63) is 69.3 Å². The van der Waals surface area contributed by atoms with Gasteiger partial charge in [0.05, 0.1) is 4.92 Å². The fourth-order valence-corrected chi connectivity index (χ4v) is 2.06. The number of ether oxygens (including phenoxy) is 1. The summed E-state index contributed by atoms with van der Waals surface area (Å²) in [6.45, 7) is 4.14. The van der Waals surface area contributed by atoms with Crippen molar-refractivity contribution >= 4 is 5.69 Å². The second kappa shape index (κ2) is 6.37. The monoisotopic (exact) mass is 286 g/mol.